The number of nitrogens with one attached hydrogen (secondary N) is 1. The molecule has 2 nitrogen and oxygen atoms in total. The standard InChI is InChI=1S/C10H22N2/c1-9-7-10(9)8-11-5-4-6-12(2)3/h9-11H,4-8H2,1-3H3. The molecule has 1 rings (SSSR count). The third kappa shape index (κ3) is 4.07. The molecule has 0 aliphatic heterocycles. The van der Waals surface area contributed by atoms with Crippen LogP contribution in [0, 0.1) is 11.8 Å². The van der Waals surface area contributed by atoms with E-state index in [2.05, 4.69) is 31.2 Å². The molecule has 1 N–H and O–H groups in total. The third-order valence-corrected chi connectivity index (χ3v) is 2.64. The van der Waals surface area contributed by atoms with Crippen LogP contribution in [0.1, 0.15) is 19.8 Å². The van der Waals surface area contributed by atoms with Gasteiger partial charge in [-0.1, -0.05) is 6.92 Å². The SMILES string of the molecule is CC1CC1CNCCCN(C)C. The minimum atomic E-state index is 0.990. The molecule has 12 heavy (non-hydrogen) atoms. The lowest BCUT2D eigenvalue weighted by molar-refractivity contribution is 0.393. The molecule has 2 atom stereocenters. The van der Waals surface area contributed by atoms with Crippen molar-refractivity contribution < 1.29 is 0 Å². The lowest BCUT2D eigenvalue weighted by Gasteiger charge is -2.09. The largest absolute Gasteiger partial charge is 0.316 e. The highest BCUT2D eigenvalue weighted by molar-refractivity contribution is 4.83. The molecule has 2 heteroatoms. The van der Waals surface area contributed by atoms with Crippen LogP contribution in [-0.4, -0.2) is 38.6 Å². The molecule has 0 radical (unpaired) electrons. The van der Waals surface area contributed by atoms with Crippen molar-refractivity contribution in [3.8, 4) is 0 Å². The minimum absolute atomic E-state index is 0.990. The smallest absolute Gasteiger partial charge is 0.00127 e. The molecule has 0 amide bonds. The Morgan fingerprint density at radius 3 is 2.58 bits per heavy atom. The first kappa shape index (κ1) is 10.0. The summed E-state index contributed by atoms with van der Waals surface area (Å²) in [4.78, 5) is 2.24. The zero-order valence-electron chi connectivity index (χ0n) is 8.64. The lowest BCUT2D eigenvalue weighted by Crippen LogP contribution is -2.23. The van der Waals surface area contributed by atoms with E-state index in [0.717, 1.165) is 11.8 Å². The predicted octanol–water partition coefficient (Wildman–Crippen LogP) is 1.18. The normalized spacial score (nSPS) is 28.0. The molecule has 0 spiro atoms. The highest BCUT2D eigenvalue weighted by Crippen LogP contribution is 2.36. The van der Waals surface area contributed by atoms with Gasteiger partial charge in [0.1, 0.15) is 0 Å². The fraction of sp³-hybridized carbons (Fsp3) is 1.00. The first-order valence-corrected chi connectivity index (χ1v) is 5.05. The summed E-state index contributed by atoms with van der Waals surface area (Å²) in [5.74, 6) is 1.98. The van der Waals surface area contributed by atoms with E-state index in [1.807, 2.05) is 0 Å². The second-order valence-electron chi connectivity index (χ2n) is 4.33. The van der Waals surface area contributed by atoms with Gasteiger partial charge in [-0.05, 0) is 58.4 Å². The monoisotopic (exact) mass is 170 g/mol. The van der Waals surface area contributed by atoms with Gasteiger partial charge in [0.25, 0.3) is 0 Å². The molecule has 1 aliphatic carbocycles. The van der Waals surface area contributed by atoms with Crippen molar-refractivity contribution in [1.29, 1.82) is 0 Å². The Bertz CT molecular complexity index is 123. The summed E-state index contributed by atoms with van der Waals surface area (Å²) in [6.45, 7) is 5.97. The Labute approximate surface area is 76.3 Å². The maximum absolute atomic E-state index is 3.51. The van der Waals surface area contributed by atoms with E-state index in [4.69, 9.17) is 0 Å². The first-order valence-electron chi connectivity index (χ1n) is 5.05. The van der Waals surface area contributed by atoms with Crippen LogP contribution in [0.4, 0.5) is 0 Å². The first-order chi connectivity index (χ1) is 5.70. The molecule has 2 unspecified atom stereocenters. The number of hydrogen-bond donors (Lipinski definition) is 1. The summed E-state index contributed by atoms with van der Waals surface area (Å²) in [5.41, 5.74) is 0. The van der Waals surface area contributed by atoms with Gasteiger partial charge in [0, 0.05) is 0 Å². The zero-order valence-corrected chi connectivity index (χ0v) is 8.64. The van der Waals surface area contributed by atoms with E-state index < -0.39 is 0 Å². The molecular weight excluding hydrogens is 148 g/mol. The highest BCUT2D eigenvalue weighted by Gasteiger charge is 2.31. The van der Waals surface area contributed by atoms with E-state index >= 15 is 0 Å². The van der Waals surface area contributed by atoms with Gasteiger partial charge in [-0.2, -0.15) is 0 Å². The summed E-state index contributed by atoms with van der Waals surface area (Å²) >= 11 is 0. The van der Waals surface area contributed by atoms with Gasteiger partial charge in [-0.3, -0.25) is 0 Å². The summed E-state index contributed by atoms with van der Waals surface area (Å²) in [6, 6.07) is 0. The maximum atomic E-state index is 3.51. The van der Waals surface area contributed by atoms with Crippen LogP contribution in [-0.2, 0) is 0 Å². The van der Waals surface area contributed by atoms with Gasteiger partial charge in [0.05, 0.1) is 0 Å². The van der Waals surface area contributed by atoms with Crippen molar-refractivity contribution in [2.24, 2.45) is 11.8 Å². The molecule has 72 valence electrons. The van der Waals surface area contributed by atoms with Crippen LogP contribution in [0.15, 0.2) is 0 Å². The molecule has 0 bridgehead atoms. The van der Waals surface area contributed by atoms with Crippen molar-refractivity contribution in [3.05, 3.63) is 0 Å². The Kier molecular flexibility index (Phi) is 4.02. The van der Waals surface area contributed by atoms with Crippen LogP contribution in [0.5, 0.6) is 0 Å². The van der Waals surface area contributed by atoms with E-state index in [1.165, 1.54) is 32.5 Å². The molecule has 1 fully saturated rings. The van der Waals surface area contributed by atoms with Gasteiger partial charge < -0.3 is 10.2 Å². The van der Waals surface area contributed by atoms with E-state index in [1.54, 1.807) is 0 Å². The van der Waals surface area contributed by atoms with Crippen molar-refractivity contribution in [2.75, 3.05) is 33.7 Å². The van der Waals surface area contributed by atoms with Crippen LogP contribution >= 0.6 is 0 Å². The summed E-state index contributed by atoms with van der Waals surface area (Å²) in [6.07, 6.45) is 2.72. The van der Waals surface area contributed by atoms with Gasteiger partial charge in [-0.25, -0.2) is 0 Å². The molecule has 0 aromatic heterocycles. The average molecular weight is 170 g/mol. The second-order valence-corrected chi connectivity index (χ2v) is 4.33. The fourth-order valence-electron chi connectivity index (χ4n) is 1.49. The summed E-state index contributed by atoms with van der Waals surface area (Å²) < 4.78 is 0. The van der Waals surface area contributed by atoms with Crippen molar-refractivity contribution >= 4 is 0 Å². The van der Waals surface area contributed by atoms with Crippen molar-refractivity contribution in [2.45, 2.75) is 19.8 Å². The second kappa shape index (κ2) is 4.83. The van der Waals surface area contributed by atoms with Crippen molar-refractivity contribution in [1.82, 2.24) is 10.2 Å². The van der Waals surface area contributed by atoms with Gasteiger partial charge >= 0.3 is 0 Å². The topological polar surface area (TPSA) is 15.3 Å². The number of nitrogens with zero attached hydrogens (tertiary/aromatic N) is 1. The summed E-state index contributed by atoms with van der Waals surface area (Å²) in [7, 11) is 4.26. The number of hydrogen-bond acceptors (Lipinski definition) is 2. The van der Waals surface area contributed by atoms with Crippen LogP contribution < -0.4 is 5.32 Å². The molecule has 0 saturated heterocycles. The van der Waals surface area contributed by atoms with E-state index in [0.29, 0.717) is 0 Å². The zero-order chi connectivity index (χ0) is 8.97. The Hall–Kier alpha value is -0.0800. The highest BCUT2D eigenvalue weighted by atomic mass is 15.1. The quantitative estimate of drug-likeness (QED) is 0.602. The van der Waals surface area contributed by atoms with Crippen molar-refractivity contribution in [3.63, 3.8) is 0 Å². The minimum Gasteiger partial charge on any atom is -0.316 e. The Morgan fingerprint density at radius 2 is 2.08 bits per heavy atom. The van der Waals surface area contributed by atoms with Crippen LogP contribution in [0.3, 0.4) is 0 Å². The molecular formula is C10H22N2. The molecule has 0 aromatic rings. The van der Waals surface area contributed by atoms with Gasteiger partial charge in [0.2, 0.25) is 0 Å². The maximum Gasteiger partial charge on any atom is -0.00127 e. The average Bonchev–Trinajstić information content (AvgIpc) is 2.65. The van der Waals surface area contributed by atoms with Gasteiger partial charge in [0.15, 0.2) is 0 Å². The third-order valence-electron chi connectivity index (χ3n) is 2.64. The molecule has 1 saturated carbocycles. The van der Waals surface area contributed by atoms with E-state index in [9.17, 15) is 0 Å². The molecule has 0 aromatic carbocycles. The fourth-order valence-corrected chi connectivity index (χ4v) is 1.49. The molecule has 0 heterocycles. The number of rotatable bonds is 6. The Balaban J connectivity index is 1.77. The van der Waals surface area contributed by atoms with Gasteiger partial charge in [-0.15, -0.1) is 0 Å². The van der Waals surface area contributed by atoms with Crippen LogP contribution in [0.2, 0.25) is 0 Å². The van der Waals surface area contributed by atoms with E-state index in [-0.39, 0.29) is 0 Å². The predicted molar refractivity (Wildman–Crippen MR) is 53.3 cm³/mol. The Morgan fingerprint density at radius 1 is 1.42 bits per heavy atom. The molecule has 1 aliphatic rings. The van der Waals surface area contributed by atoms with Crippen LogP contribution in [0.25, 0.3) is 0 Å². The lowest BCUT2D eigenvalue weighted by atomic mass is 10.3. The summed E-state index contributed by atoms with van der Waals surface area (Å²) in [5, 5.41) is 3.51.